The van der Waals surface area contributed by atoms with E-state index in [2.05, 4.69) is 44.4 Å². The van der Waals surface area contributed by atoms with Crippen LogP contribution in [0.4, 0.5) is 11.4 Å². The molecule has 2 aromatic heterocycles. The molecule has 1 fully saturated rings. The number of hydrogen-bond acceptors (Lipinski definition) is 4. The van der Waals surface area contributed by atoms with E-state index in [1.165, 1.54) is 0 Å². The second-order valence-electron chi connectivity index (χ2n) is 7.98. The minimum atomic E-state index is -0.167. The van der Waals surface area contributed by atoms with Gasteiger partial charge in [-0.3, -0.25) is 4.98 Å². The van der Waals surface area contributed by atoms with Crippen molar-refractivity contribution in [2.24, 2.45) is 0 Å². The van der Waals surface area contributed by atoms with E-state index in [4.69, 9.17) is 16.6 Å². The molecule has 0 unspecified atom stereocenters. The van der Waals surface area contributed by atoms with E-state index in [1.54, 1.807) is 0 Å². The summed E-state index contributed by atoms with van der Waals surface area (Å²) in [5, 5.41) is 4.13. The number of nitrogens with zero attached hydrogens (tertiary/aromatic N) is 3. The Morgan fingerprint density at radius 3 is 2.34 bits per heavy atom. The third-order valence-electron chi connectivity index (χ3n) is 5.72. The fraction of sp³-hybridized carbons (Fsp3) is 0.154. The SMILES string of the molecule is CN(C)c1ccc(N2C(=S)N[C@@H](c3ccccn3)[C@@H]2c2ccc(-c3ccccc3)o2)cc1. The summed E-state index contributed by atoms with van der Waals surface area (Å²) in [6.45, 7) is 0. The predicted octanol–water partition coefficient (Wildman–Crippen LogP) is 5.58. The van der Waals surface area contributed by atoms with E-state index in [1.807, 2.05) is 81.0 Å². The number of anilines is 2. The monoisotopic (exact) mass is 440 g/mol. The number of hydrogen-bond donors (Lipinski definition) is 1. The highest BCUT2D eigenvalue weighted by Crippen LogP contribution is 2.43. The molecule has 32 heavy (non-hydrogen) atoms. The molecular weight excluding hydrogens is 416 g/mol. The molecule has 5 nitrogen and oxygen atoms in total. The van der Waals surface area contributed by atoms with Crippen LogP contribution in [-0.4, -0.2) is 24.2 Å². The van der Waals surface area contributed by atoms with Crippen LogP contribution in [0, 0.1) is 0 Å². The number of aromatic nitrogens is 1. The Balaban J connectivity index is 1.58. The van der Waals surface area contributed by atoms with Gasteiger partial charge in [-0.25, -0.2) is 0 Å². The van der Waals surface area contributed by atoms with E-state index in [9.17, 15) is 0 Å². The maximum atomic E-state index is 6.39. The number of nitrogens with one attached hydrogen (secondary N) is 1. The standard InChI is InChI=1S/C26H24N4OS/c1-29(2)19-11-13-20(14-12-19)30-25(24(28-26(30)32)21-10-6-7-17-27-21)23-16-15-22(31-23)18-8-4-3-5-9-18/h3-17,24-25H,1-2H3,(H,28,32)/t24-,25-/m0/s1. The van der Waals surface area contributed by atoms with Crippen molar-refractivity contribution in [3.8, 4) is 11.3 Å². The van der Waals surface area contributed by atoms with Crippen LogP contribution < -0.4 is 15.1 Å². The van der Waals surface area contributed by atoms with Crippen molar-refractivity contribution in [2.45, 2.75) is 12.1 Å². The summed E-state index contributed by atoms with van der Waals surface area (Å²) in [4.78, 5) is 8.81. The average Bonchev–Trinajstić information content (AvgIpc) is 3.45. The lowest BCUT2D eigenvalue weighted by molar-refractivity contribution is 0.439. The van der Waals surface area contributed by atoms with E-state index in [0.717, 1.165) is 34.2 Å². The van der Waals surface area contributed by atoms with Crippen LogP contribution >= 0.6 is 12.2 Å². The predicted molar refractivity (Wildman–Crippen MR) is 133 cm³/mol. The molecule has 2 atom stereocenters. The maximum Gasteiger partial charge on any atom is 0.174 e. The lowest BCUT2D eigenvalue weighted by Gasteiger charge is -2.26. The topological polar surface area (TPSA) is 44.5 Å². The largest absolute Gasteiger partial charge is 0.459 e. The molecular formula is C26H24N4OS. The molecule has 1 N–H and O–H groups in total. The summed E-state index contributed by atoms with van der Waals surface area (Å²) in [5.41, 5.74) is 4.11. The first-order valence-electron chi connectivity index (χ1n) is 10.5. The number of rotatable bonds is 5. The van der Waals surface area contributed by atoms with Gasteiger partial charge in [0.2, 0.25) is 0 Å². The van der Waals surface area contributed by atoms with E-state index >= 15 is 0 Å². The van der Waals surface area contributed by atoms with Gasteiger partial charge in [0, 0.05) is 37.2 Å². The van der Waals surface area contributed by atoms with Gasteiger partial charge < -0.3 is 19.5 Å². The first kappa shape index (κ1) is 20.3. The minimum absolute atomic E-state index is 0.132. The summed E-state index contributed by atoms with van der Waals surface area (Å²) in [7, 11) is 4.07. The molecule has 2 aromatic carbocycles. The van der Waals surface area contributed by atoms with Gasteiger partial charge in [0.15, 0.2) is 5.11 Å². The maximum absolute atomic E-state index is 6.39. The van der Waals surface area contributed by atoms with Crippen LogP contribution in [0.25, 0.3) is 11.3 Å². The molecule has 0 bridgehead atoms. The highest BCUT2D eigenvalue weighted by atomic mass is 32.1. The fourth-order valence-corrected chi connectivity index (χ4v) is 4.45. The highest BCUT2D eigenvalue weighted by molar-refractivity contribution is 7.80. The van der Waals surface area contributed by atoms with Crippen molar-refractivity contribution >= 4 is 28.7 Å². The zero-order valence-corrected chi connectivity index (χ0v) is 18.8. The highest BCUT2D eigenvalue weighted by Gasteiger charge is 2.42. The molecule has 3 heterocycles. The van der Waals surface area contributed by atoms with Crippen LogP contribution in [-0.2, 0) is 0 Å². The van der Waals surface area contributed by atoms with Crippen molar-refractivity contribution in [3.63, 3.8) is 0 Å². The molecule has 5 rings (SSSR count). The number of pyridine rings is 1. The lowest BCUT2D eigenvalue weighted by Crippen LogP contribution is -2.29. The van der Waals surface area contributed by atoms with Gasteiger partial charge in [0.1, 0.15) is 17.6 Å². The summed E-state index contributed by atoms with van der Waals surface area (Å²) in [5.74, 6) is 1.67. The summed E-state index contributed by atoms with van der Waals surface area (Å²) in [6, 6.07) is 28.2. The van der Waals surface area contributed by atoms with Crippen molar-refractivity contribution in [1.82, 2.24) is 10.3 Å². The van der Waals surface area contributed by atoms with Gasteiger partial charge >= 0.3 is 0 Å². The van der Waals surface area contributed by atoms with Crippen molar-refractivity contribution < 1.29 is 4.42 Å². The Bertz CT molecular complexity index is 1210. The van der Waals surface area contributed by atoms with Crippen LogP contribution in [0.1, 0.15) is 23.5 Å². The second-order valence-corrected chi connectivity index (χ2v) is 8.36. The third-order valence-corrected chi connectivity index (χ3v) is 6.03. The first-order valence-corrected chi connectivity index (χ1v) is 11.0. The quantitative estimate of drug-likeness (QED) is 0.409. The summed E-state index contributed by atoms with van der Waals surface area (Å²) < 4.78 is 6.39. The number of thiocarbonyl (C=S) groups is 1. The minimum Gasteiger partial charge on any atom is -0.459 e. The Labute approximate surface area is 193 Å². The first-order chi connectivity index (χ1) is 15.6. The molecule has 0 amide bonds. The molecule has 0 aliphatic carbocycles. The molecule has 4 aromatic rings. The van der Waals surface area contributed by atoms with Gasteiger partial charge in [-0.05, 0) is 60.7 Å². The van der Waals surface area contributed by atoms with Gasteiger partial charge in [0.05, 0.1) is 11.7 Å². The zero-order valence-electron chi connectivity index (χ0n) is 18.0. The zero-order chi connectivity index (χ0) is 22.1. The molecule has 1 aliphatic rings. The van der Waals surface area contributed by atoms with E-state index in [-0.39, 0.29) is 12.1 Å². The van der Waals surface area contributed by atoms with Crippen molar-refractivity contribution in [2.75, 3.05) is 23.9 Å². The van der Waals surface area contributed by atoms with Crippen LogP contribution in [0.15, 0.2) is 95.5 Å². The van der Waals surface area contributed by atoms with Gasteiger partial charge in [-0.15, -0.1) is 0 Å². The van der Waals surface area contributed by atoms with E-state index in [0.29, 0.717) is 5.11 Å². The summed E-state index contributed by atoms with van der Waals surface area (Å²) >= 11 is 5.80. The number of benzene rings is 2. The normalized spacial score (nSPS) is 17.9. The second kappa shape index (κ2) is 8.48. The Morgan fingerprint density at radius 1 is 0.906 bits per heavy atom. The Hall–Kier alpha value is -3.64. The van der Waals surface area contributed by atoms with Crippen LogP contribution in [0.5, 0.6) is 0 Å². The van der Waals surface area contributed by atoms with Gasteiger partial charge in [-0.2, -0.15) is 0 Å². The summed E-state index contributed by atoms with van der Waals surface area (Å²) in [6.07, 6.45) is 1.81. The average molecular weight is 441 g/mol. The lowest BCUT2D eigenvalue weighted by atomic mass is 10.0. The van der Waals surface area contributed by atoms with Crippen LogP contribution in [0.3, 0.4) is 0 Å². The number of furan rings is 1. The molecule has 0 spiro atoms. The van der Waals surface area contributed by atoms with Gasteiger partial charge in [0.25, 0.3) is 0 Å². The Kier molecular flexibility index (Phi) is 5.37. The third kappa shape index (κ3) is 3.74. The fourth-order valence-electron chi connectivity index (χ4n) is 4.10. The molecule has 1 aliphatic heterocycles. The molecule has 6 heteroatoms. The smallest absolute Gasteiger partial charge is 0.174 e. The molecule has 1 saturated heterocycles. The molecule has 160 valence electrons. The molecule has 0 radical (unpaired) electrons. The molecule has 0 saturated carbocycles. The Morgan fingerprint density at radius 2 is 1.66 bits per heavy atom. The van der Waals surface area contributed by atoms with Crippen LogP contribution in [0.2, 0.25) is 0 Å². The van der Waals surface area contributed by atoms with Crippen molar-refractivity contribution in [3.05, 3.63) is 103 Å². The van der Waals surface area contributed by atoms with E-state index < -0.39 is 0 Å². The van der Waals surface area contributed by atoms with Gasteiger partial charge in [-0.1, -0.05) is 36.4 Å². The van der Waals surface area contributed by atoms with Crippen molar-refractivity contribution in [1.29, 1.82) is 0 Å².